The number of carbonyl (C=O) groups excluding carboxylic acids is 1. The Kier molecular flexibility index (Phi) is 4.11. The third-order valence-corrected chi connectivity index (χ3v) is 2.70. The molecule has 0 aliphatic rings. The summed E-state index contributed by atoms with van der Waals surface area (Å²) in [6.45, 7) is 0. The molecule has 20 heavy (non-hydrogen) atoms. The van der Waals surface area contributed by atoms with Gasteiger partial charge < -0.3 is 5.11 Å². The van der Waals surface area contributed by atoms with Crippen LogP contribution in [-0.2, 0) is 4.79 Å². The van der Waals surface area contributed by atoms with E-state index in [2.05, 4.69) is 20.1 Å². The van der Waals surface area contributed by atoms with E-state index in [1.54, 1.807) is 0 Å². The van der Waals surface area contributed by atoms with Crippen molar-refractivity contribution in [2.75, 3.05) is 5.32 Å². The second kappa shape index (κ2) is 5.97. The van der Waals surface area contributed by atoms with E-state index in [1.165, 1.54) is 12.1 Å². The van der Waals surface area contributed by atoms with Gasteiger partial charge in [-0.05, 0) is 23.4 Å². The number of hydrogen-bond donors (Lipinski definition) is 2. The second-order valence-electron chi connectivity index (χ2n) is 3.53. The fourth-order valence-corrected chi connectivity index (χ4v) is 1.68. The summed E-state index contributed by atoms with van der Waals surface area (Å²) >= 11 is 0.890. The third kappa shape index (κ3) is 3.42. The van der Waals surface area contributed by atoms with Crippen molar-refractivity contribution < 1.29 is 19.1 Å². The first-order valence-electron chi connectivity index (χ1n) is 5.23. The molecule has 102 valence electrons. The van der Waals surface area contributed by atoms with Crippen molar-refractivity contribution in [1.82, 2.24) is 14.8 Å². The highest BCUT2D eigenvalue weighted by molar-refractivity contribution is 7.09. The van der Waals surface area contributed by atoms with Crippen molar-refractivity contribution >= 4 is 34.6 Å². The van der Waals surface area contributed by atoms with Crippen LogP contribution in [-0.4, -0.2) is 31.8 Å². The summed E-state index contributed by atoms with van der Waals surface area (Å²) in [7, 11) is 0. The van der Waals surface area contributed by atoms with Crippen LogP contribution < -0.4 is 5.32 Å². The van der Waals surface area contributed by atoms with Crippen molar-refractivity contribution in [2.45, 2.75) is 0 Å². The van der Waals surface area contributed by atoms with Crippen LogP contribution in [0.15, 0.2) is 24.3 Å². The first-order chi connectivity index (χ1) is 9.56. The van der Waals surface area contributed by atoms with E-state index in [0.29, 0.717) is 0 Å². The van der Waals surface area contributed by atoms with Crippen LogP contribution in [0.5, 0.6) is 0 Å². The smallest absolute Gasteiger partial charge is 0.328 e. The van der Waals surface area contributed by atoms with Gasteiger partial charge in [-0.15, -0.1) is 0 Å². The molecule has 2 aromatic rings. The number of carboxylic acid groups (broad SMARTS) is 1. The van der Waals surface area contributed by atoms with Crippen molar-refractivity contribution in [3.05, 3.63) is 41.2 Å². The lowest BCUT2D eigenvalue weighted by atomic mass is 10.1. The lowest BCUT2D eigenvalue weighted by molar-refractivity contribution is -0.131. The number of carboxylic acids is 1. The molecule has 1 aromatic carbocycles. The molecule has 0 fully saturated rings. The minimum Gasteiger partial charge on any atom is -0.478 e. The zero-order chi connectivity index (χ0) is 14.5. The number of halogens is 1. The maximum Gasteiger partial charge on any atom is 0.328 e. The van der Waals surface area contributed by atoms with E-state index >= 15 is 0 Å². The average Bonchev–Trinajstić information content (AvgIpc) is 2.89. The van der Waals surface area contributed by atoms with Gasteiger partial charge in [0.15, 0.2) is 0 Å². The molecule has 1 amide bonds. The topological polar surface area (TPSA) is 105 Å². The molecule has 0 unspecified atom stereocenters. The summed E-state index contributed by atoms with van der Waals surface area (Å²) in [5, 5.41) is 17.9. The van der Waals surface area contributed by atoms with Crippen molar-refractivity contribution in [2.24, 2.45) is 0 Å². The predicted molar refractivity (Wildman–Crippen MR) is 68.7 cm³/mol. The van der Waals surface area contributed by atoms with Crippen LogP contribution in [0.25, 0.3) is 6.08 Å². The number of aliphatic carboxylic acids is 1. The standard InChI is InChI=1S/C11H7FN4O3S/c12-8-5-7(2-1-6(8)3-4-9(17)18)10(19)13-11-14-15-16-20-11/h1-5H,(H,17,18)(H,13,14,16,19)/b4-3+. The molecule has 0 saturated heterocycles. The zero-order valence-electron chi connectivity index (χ0n) is 9.78. The van der Waals surface area contributed by atoms with Crippen molar-refractivity contribution in [3.63, 3.8) is 0 Å². The van der Waals surface area contributed by atoms with Gasteiger partial charge in [0.05, 0.1) is 0 Å². The molecule has 0 aliphatic carbocycles. The zero-order valence-corrected chi connectivity index (χ0v) is 10.6. The molecule has 0 atom stereocenters. The van der Waals surface area contributed by atoms with E-state index in [0.717, 1.165) is 29.8 Å². The number of nitrogens with zero attached hydrogens (tertiary/aromatic N) is 3. The number of rotatable bonds is 4. The van der Waals surface area contributed by atoms with Gasteiger partial charge in [0.1, 0.15) is 5.82 Å². The lowest BCUT2D eigenvalue weighted by Gasteiger charge is -2.02. The van der Waals surface area contributed by atoms with Crippen molar-refractivity contribution in [3.8, 4) is 0 Å². The number of hydrogen-bond acceptors (Lipinski definition) is 6. The molecule has 0 bridgehead atoms. The molecule has 7 nitrogen and oxygen atoms in total. The van der Waals surface area contributed by atoms with Gasteiger partial charge >= 0.3 is 5.97 Å². The van der Waals surface area contributed by atoms with Gasteiger partial charge in [-0.25, -0.2) is 9.18 Å². The average molecular weight is 294 g/mol. The fourth-order valence-electron chi connectivity index (χ4n) is 1.32. The Hall–Kier alpha value is -2.68. The predicted octanol–water partition coefficient (Wildman–Crippen LogP) is 1.42. The normalized spacial score (nSPS) is 10.7. The Morgan fingerprint density at radius 3 is 2.80 bits per heavy atom. The number of nitrogens with one attached hydrogen (secondary N) is 1. The largest absolute Gasteiger partial charge is 0.478 e. The number of anilines is 1. The Morgan fingerprint density at radius 1 is 1.40 bits per heavy atom. The van der Waals surface area contributed by atoms with E-state index in [9.17, 15) is 14.0 Å². The molecule has 9 heteroatoms. The summed E-state index contributed by atoms with van der Waals surface area (Å²) in [5.41, 5.74) is 0.145. The van der Waals surface area contributed by atoms with E-state index in [-0.39, 0.29) is 16.3 Å². The first kappa shape index (κ1) is 13.7. The van der Waals surface area contributed by atoms with Crippen LogP contribution >= 0.6 is 11.5 Å². The molecular weight excluding hydrogens is 287 g/mol. The molecule has 0 radical (unpaired) electrons. The van der Waals surface area contributed by atoms with Gasteiger partial charge in [0.25, 0.3) is 5.91 Å². The quantitative estimate of drug-likeness (QED) is 0.826. The molecule has 1 heterocycles. The second-order valence-corrected chi connectivity index (χ2v) is 4.26. The molecule has 0 aliphatic heterocycles. The number of benzene rings is 1. The maximum absolute atomic E-state index is 13.7. The summed E-state index contributed by atoms with van der Waals surface area (Å²) in [6, 6.07) is 3.68. The summed E-state index contributed by atoms with van der Waals surface area (Å²) in [6.07, 6.45) is 1.92. The Balaban J connectivity index is 2.16. The van der Waals surface area contributed by atoms with E-state index in [1.807, 2.05) is 0 Å². The molecule has 0 saturated carbocycles. The highest BCUT2D eigenvalue weighted by Crippen LogP contribution is 2.14. The van der Waals surface area contributed by atoms with Crippen molar-refractivity contribution in [1.29, 1.82) is 0 Å². The summed E-state index contributed by atoms with van der Waals surface area (Å²) < 4.78 is 17.1. The Morgan fingerprint density at radius 2 is 2.20 bits per heavy atom. The van der Waals surface area contributed by atoms with Gasteiger partial charge in [-0.3, -0.25) is 10.1 Å². The van der Waals surface area contributed by atoms with Crippen LogP contribution in [0, 0.1) is 5.82 Å². The maximum atomic E-state index is 13.7. The SMILES string of the molecule is O=C(O)/C=C/c1ccc(C(=O)Nc2nnns2)cc1F. The first-order valence-corrected chi connectivity index (χ1v) is 6.00. The molecule has 2 N–H and O–H groups in total. The van der Waals surface area contributed by atoms with Gasteiger partial charge in [0.2, 0.25) is 5.13 Å². The molecule has 1 aromatic heterocycles. The molecule has 0 spiro atoms. The lowest BCUT2D eigenvalue weighted by Crippen LogP contribution is -2.12. The Labute approximate surface area is 115 Å². The Bertz CT molecular complexity index is 672. The van der Waals surface area contributed by atoms with E-state index in [4.69, 9.17) is 5.11 Å². The van der Waals surface area contributed by atoms with Crippen LogP contribution in [0.3, 0.4) is 0 Å². The van der Waals surface area contributed by atoms with Gasteiger partial charge in [-0.2, -0.15) is 0 Å². The number of aromatic nitrogens is 3. The monoisotopic (exact) mass is 294 g/mol. The van der Waals surface area contributed by atoms with Gasteiger partial charge in [0, 0.05) is 28.7 Å². The van der Waals surface area contributed by atoms with Crippen LogP contribution in [0.2, 0.25) is 0 Å². The van der Waals surface area contributed by atoms with Crippen LogP contribution in [0.4, 0.5) is 9.52 Å². The van der Waals surface area contributed by atoms with E-state index < -0.39 is 17.7 Å². The molecule has 2 rings (SSSR count). The fraction of sp³-hybridized carbons (Fsp3) is 0. The molecular formula is C11H7FN4O3S. The highest BCUT2D eigenvalue weighted by Gasteiger charge is 2.11. The summed E-state index contributed by atoms with van der Waals surface area (Å²) in [5.74, 6) is -2.45. The highest BCUT2D eigenvalue weighted by atomic mass is 32.1. The number of carbonyl (C=O) groups is 2. The minimum absolute atomic E-state index is 0.0709. The summed E-state index contributed by atoms with van der Waals surface area (Å²) in [4.78, 5) is 22.1. The minimum atomic E-state index is -1.19. The number of amides is 1. The van der Waals surface area contributed by atoms with Crippen LogP contribution in [0.1, 0.15) is 15.9 Å². The third-order valence-electron chi connectivity index (χ3n) is 2.19. The van der Waals surface area contributed by atoms with Gasteiger partial charge in [-0.1, -0.05) is 15.7 Å².